The van der Waals surface area contributed by atoms with Crippen molar-refractivity contribution in [3.8, 4) is 0 Å². The second-order valence-electron chi connectivity index (χ2n) is 5.88. The van der Waals surface area contributed by atoms with Gasteiger partial charge >= 0.3 is 12.1 Å². The van der Waals surface area contributed by atoms with Crippen LogP contribution in [0.4, 0.5) is 13.2 Å². The zero-order valence-corrected chi connectivity index (χ0v) is 14.2. The molecular formula is C16H15F3N2O4S. The lowest BCUT2D eigenvalue weighted by molar-refractivity contribution is -0.138. The largest absolute Gasteiger partial charge is 0.481 e. The average molecular weight is 388 g/mol. The molecule has 3 rings (SSSR count). The predicted molar refractivity (Wildman–Crippen MR) is 84.8 cm³/mol. The molecule has 0 saturated carbocycles. The molecule has 140 valence electrons. The van der Waals surface area contributed by atoms with E-state index in [2.05, 4.69) is 0 Å². The van der Waals surface area contributed by atoms with Gasteiger partial charge in [0.2, 0.25) is 10.0 Å². The molecule has 0 bridgehead atoms. The van der Waals surface area contributed by atoms with Crippen LogP contribution in [-0.2, 0) is 27.5 Å². The Labute approximate surface area is 147 Å². The predicted octanol–water partition coefficient (Wildman–Crippen LogP) is 2.73. The van der Waals surface area contributed by atoms with Gasteiger partial charge in [0.25, 0.3) is 0 Å². The highest BCUT2D eigenvalue weighted by atomic mass is 32.2. The molecule has 1 aliphatic heterocycles. The molecule has 2 heterocycles. The van der Waals surface area contributed by atoms with E-state index in [-0.39, 0.29) is 13.1 Å². The van der Waals surface area contributed by atoms with Crippen LogP contribution in [0.25, 0.3) is 0 Å². The molecule has 1 N–H and O–H groups in total. The monoisotopic (exact) mass is 388 g/mol. The number of carbonyl (C=O) groups is 1. The second kappa shape index (κ2) is 6.44. The van der Waals surface area contributed by atoms with E-state index in [0.29, 0.717) is 11.8 Å². The Morgan fingerprint density at radius 2 is 1.92 bits per heavy atom. The van der Waals surface area contributed by atoms with Gasteiger partial charge in [0.05, 0.1) is 22.9 Å². The minimum atomic E-state index is -4.68. The van der Waals surface area contributed by atoms with E-state index >= 15 is 0 Å². The molecule has 0 amide bonds. The summed E-state index contributed by atoms with van der Waals surface area (Å²) >= 11 is 0. The Hall–Kier alpha value is -2.33. The fourth-order valence-corrected chi connectivity index (χ4v) is 4.71. The van der Waals surface area contributed by atoms with Crippen molar-refractivity contribution in [1.82, 2.24) is 8.87 Å². The standard InChI is InChI=1S/C16H15F3N2O4S/c17-16(18,19)11-3-1-4-12(9-11)26(24,25)21-8-7-20-6-2-5-13(20)14(21)10-15(22)23/h1-6,9,14H,7-8,10H2,(H,22,23). The minimum Gasteiger partial charge on any atom is -0.481 e. The number of fused-ring (bicyclic) bond motifs is 1. The van der Waals surface area contributed by atoms with E-state index in [9.17, 15) is 26.4 Å². The van der Waals surface area contributed by atoms with E-state index < -0.39 is 45.1 Å². The number of halogens is 3. The second-order valence-corrected chi connectivity index (χ2v) is 7.77. The Morgan fingerprint density at radius 1 is 1.19 bits per heavy atom. The Kier molecular flexibility index (Phi) is 4.57. The number of carboxylic acids is 1. The number of rotatable bonds is 4. The fraction of sp³-hybridized carbons (Fsp3) is 0.312. The summed E-state index contributed by atoms with van der Waals surface area (Å²) in [6.07, 6.45) is -3.46. The van der Waals surface area contributed by atoms with Crippen molar-refractivity contribution in [3.63, 3.8) is 0 Å². The summed E-state index contributed by atoms with van der Waals surface area (Å²) in [6.45, 7) is 0.259. The molecule has 0 spiro atoms. The highest BCUT2D eigenvalue weighted by molar-refractivity contribution is 7.89. The lowest BCUT2D eigenvalue weighted by Gasteiger charge is -2.35. The molecule has 0 radical (unpaired) electrons. The molecule has 26 heavy (non-hydrogen) atoms. The molecule has 2 aromatic rings. The van der Waals surface area contributed by atoms with E-state index in [4.69, 9.17) is 5.11 Å². The number of alkyl halides is 3. The molecule has 0 fully saturated rings. The highest BCUT2D eigenvalue weighted by Gasteiger charge is 2.39. The normalized spacial score (nSPS) is 18.5. The van der Waals surface area contributed by atoms with Gasteiger partial charge in [0.15, 0.2) is 0 Å². The van der Waals surface area contributed by atoms with Gasteiger partial charge in [-0.05, 0) is 30.3 Å². The maximum Gasteiger partial charge on any atom is 0.416 e. The van der Waals surface area contributed by atoms with Crippen LogP contribution in [0.2, 0.25) is 0 Å². The SMILES string of the molecule is O=C(O)CC1c2cccn2CCN1S(=O)(=O)c1cccc(C(F)(F)F)c1. The van der Waals surface area contributed by atoms with Gasteiger partial charge in [0.1, 0.15) is 0 Å². The summed E-state index contributed by atoms with van der Waals surface area (Å²) in [4.78, 5) is 10.7. The summed E-state index contributed by atoms with van der Waals surface area (Å²) in [5, 5.41) is 9.15. The van der Waals surface area contributed by atoms with E-state index in [1.807, 2.05) is 0 Å². The van der Waals surface area contributed by atoms with Gasteiger partial charge in [-0.15, -0.1) is 0 Å². The molecule has 1 aromatic heterocycles. The van der Waals surface area contributed by atoms with Crippen molar-refractivity contribution in [2.24, 2.45) is 0 Å². The van der Waals surface area contributed by atoms with Crippen molar-refractivity contribution < 1.29 is 31.5 Å². The van der Waals surface area contributed by atoms with Crippen LogP contribution in [0.1, 0.15) is 23.7 Å². The summed E-state index contributed by atoms with van der Waals surface area (Å²) in [7, 11) is -4.30. The average Bonchev–Trinajstić information content (AvgIpc) is 3.03. The van der Waals surface area contributed by atoms with Gasteiger partial charge in [-0.3, -0.25) is 4.79 Å². The molecular weight excluding hydrogens is 373 g/mol. The third-order valence-corrected chi connectivity index (χ3v) is 6.16. The third kappa shape index (κ3) is 3.34. The van der Waals surface area contributed by atoms with Gasteiger partial charge in [-0.25, -0.2) is 8.42 Å². The molecule has 0 saturated heterocycles. The Bertz CT molecular complexity index is 937. The molecule has 1 aromatic carbocycles. The van der Waals surface area contributed by atoms with Crippen LogP contribution in [0.5, 0.6) is 0 Å². The van der Waals surface area contributed by atoms with Gasteiger partial charge in [0, 0.05) is 25.0 Å². The number of hydrogen-bond donors (Lipinski definition) is 1. The molecule has 1 aliphatic rings. The maximum absolute atomic E-state index is 12.9. The number of hydrogen-bond acceptors (Lipinski definition) is 3. The van der Waals surface area contributed by atoms with E-state index in [0.717, 1.165) is 22.5 Å². The summed E-state index contributed by atoms with van der Waals surface area (Å²) < 4.78 is 67.3. The number of carboxylic acid groups (broad SMARTS) is 1. The summed E-state index contributed by atoms with van der Waals surface area (Å²) in [6, 6.07) is 5.75. The third-order valence-electron chi connectivity index (χ3n) is 4.25. The number of aromatic nitrogens is 1. The molecule has 1 unspecified atom stereocenters. The first kappa shape index (κ1) is 18.5. The lowest BCUT2D eigenvalue weighted by atomic mass is 10.1. The van der Waals surface area contributed by atoms with Gasteiger partial charge in [-0.1, -0.05) is 6.07 Å². The first-order valence-corrected chi connectivity index (χ1v) is 9.10. The maximum atomic E-state index is 12.9. The van der Waals surface area contributed by atoms with Crippen molar-refractivity contribution in [2.75, 3.05) is 6.54 Å². The quantitative estimate of drug-likeness (QED) is 0.874. The Morgan fingerprint density at radius 3 is 2.58 bits per heavy atom. The van der Waals surface area contributed by atoms with Crippen LogP contribution in [0.15, 0.2) is 47.5 Å². The zero-order valence-electron chi connectivity index (χ0n) is 13.3. The van der Waals surface area contributed by atoms with Crippen LogP contribution in [0, 0.1) is 0 Å². The van der Waals surface area contributed by atoms with Crippen LogP contribution in [-0.4, -0.2) is 34.9 Å². The fourth-order valence-electron chi connectivity index (χ4n) is 3.07. The lowest BCUT2D eigenvalue weighted by Crippen LogP contribution is -2.42. The van der Waals surface area contributed by atoms with Crippen LogP contribution in [0.3, 0.4) is 0 Å². The number of aliphatic carboxylic acids is 1. The smallest absolute Gasteiger partial charge is 0.416 e. The van der Waals surface area contributed by atoms with Gasteiger partial charge in [-0.2, -0.15) is 17.5 Å². The number of sulfonamides is 1. The van der Waals surface area contributed by atoms with E-state index in [1.54, 1.807) is 22.9 Å². The molecule has 10 heteroatoms. The first-order valence-electron chi connectivity index (χ1n) is 7.66. The summed E-state index contributed by atoms with van der Waals surface area (Å²) in [5.41, 5.74) is -0.581. The Balaban J connectivity index is 2.04. The van der Waals surface area contributed by atoms with Crippen LogP contribution < -0.4 is 0 Å². The number of benzene rings is 1. The zero-order chi connectivity index (χ0) is 19.1. The first-order chi connectivity index (χ1) is 12.1. The van der Waals surface area contributed by atoms with Gasteiger partial charge < -0.3 is 9.67 Å². The topological polar surface area (TPSA) is 79.6 Å². The van der Waals surface area contributed by atoms with Crippen molar-refractivity contribution in [1.29, 1.82) is 0 Å². The molecule has 1 atom stereocenters. The molecule has 6 nitrogen and oxygen atoms in total. The van der Waals surface area contributed by atoms with Crippen molar-refractivity contribution >= 4 is 16.0 Å². The highest BCUT2D eigenvalue weighted by Crippen LogP contribution is 2.36. The number of nitrogens with zero attached hydrogens (tertiary/aromatic N) is 2. The summed E-state index contributed by atoms with van der Waals surface area (Å²) in [5.74, 6) is -1.20. The minimum absolute atomic E-state index is 0.0296. The van der Waals surface area contributed by atoms with Crippen LogP contribution >= 0.6 is 0 Å². The van der Waals surface area contributed by atoms with Crippen molar-refractivity contribution in [2.45, 2.75) is 30.1 Å². The van der Waals surface area contributed by atoms with E-state index in [1.165, 1.54) is 0 Å². The molecule has 0 aliphatic carbocycles. The van der Waals surface area contributed by atoms with Crippen molar-refractivity contribution in [3.05, 3.63) is 53.9 Å².